The highest BCUT2D eigenvalue weighted by atomic mass is 32.1. The fourth-order valence-electron chi connectivity index (χ4n) is 2.32. The number of carbonyl (C=O) groups is 1. The molecule has 126 valence electrons. The van der Waals surface area contributed by atoms with Crippen LogP contribution in [-0.4, -0.2) is 31.0 Å². The summed E-state index contributed by atoms with van der Waals surface area (Å²) >= 11 is 1.14. The number of fused-ring (bicyclic) bond motifs is 1. The number of anilines is 1. The van der Waals surface area contributed by atoms with Crippen LogP contribution in [0, 0.1) is 0 Å². The van der Waals surface area contributed by atoms with Gasteiger partial charge in [-0.05, 0) is 39.0 Å². The van der Waals surface area contributed by atoms with Gasteiger partial charge in [0.15, 0.2) is 0 Å². The van der Waals surface area contributed by atoms with Crippen LogP contribution < -0.4 is 10.6 Å². The summed E-state index contributed by atoms with van der Waals surface area (Å²) in [6, 6.07) is 7.84. The van der Waals surface area contributed by atoms with Crippen molar-refractivity contribution in [3.63, 3.8) is 0 Å². The van der Waals surface area contributed by atoms with Crippen molar-refractivity contribution in [3.8, 4) is 0 Å². The van der Waals surface area contributed by atoms with Gasteiger partial charge in [-0.1, -0.05) is 6.07 Å². The van der Waals surface area contributed by atoms with Gasteiger partial charge >= 0.3 is 0 Å². The standard InChI is InChI=1S/C16H20N6OS/c1-10(2)22-8-7-12(19-22)11(3)17-9-15(23)18-13-5-4-6-14-16(13)21-24-20-14/h4-8,10-11,17H,9H2,1-3H3,(H,18,23). The molecule has 2 N–H and O–H groups in total. The molecule has 0 saturated carbocycles. The third-order valence-electron chi connectivity index (χ3n) is 3.73. The van der Waals surface area contributed by atoms with E-state index < -0.39 is 0 Å². The van der Waals surface area contributed by atoms with Crippen LogP contribution in [0.25, 0.3) is 11.0 Å². The SMILES string of the molecule is CC(NCC(=O)Nc1cccc2nsnc12)c1ccn(C(C)C)n1. The van der Waals surface area contributed by atoms with Crippen LogP contribution >= 0.6 is 11.7 Å². The Bertz CT molecular complexity index is 840. The molecule has 2 heterocycles. The number of carbonyl (C=O) groups excluding carboxylic acids is 1. The minimum Gasteiger partial charge on any atom is -0.323 e. The van der Waals surface area contributed by atoms with E-state index in [9.17, 15) is 4.79 Å². The molecule has 3 aromatic rings. The first kappa shape index (κ1) is 16.5. The second-order valence-electron chi connectivity index (χ2n) is 5.90. The second kappa shape index (κ2) is 7.06. The Hall–Kier alpha value is -2.32. The molecular formula is C16H20N6OS. The van der Waals surface area contributed by atoms with E-state index in [1.807, 2.05) is 42.1 Å². The summed E-state index contributed by atoms with van der Waals surface area (Å²) in [6.07, 6.45) is 1.95. The summed E-state index contributed by atoms with van der Waals surface area (Å²) in [5.41, 5.74) is 3.12. The van der Waals surface area contributed by atoms with E-state index in [0.717, 1.165) is 28.5 Å². The lowest BCUT2D eigenvalue weighted by Crippen LogP contribution is -2.30. The summed E-state index contributed by atoms with van der Waals surface area (Å²) in [6.45, 7) is 6.35. The van der Waals surface area contributed by atoms with Crippen molar-refractivity contribution < 1.29 is 4.79 Å². The molecule has 24 heavy (non-hydrogen) atoms. The minimum atomic E-state index is -0.120. The molecule has 0 bridgehead atoms. The number of nitrogens with one attached hydrogen (secondary N) is 2. The van der Waals surface area contributed by atoms with Crippen LogP contribution in [-0.2, 0) is 4.79 Å². The molecule has 8 heteroatoms. The maximum Gasteiger partial charge on any atom is 0.238 e. The lowest BCUT2D eigenvalue weighted by molar-refractivity contribution is -0.115. The number of hydrogen-bond donors (Lipinski definition) is 2. The van der Waals surface area contributed by atoms with E-state index in [1.165, 1.54) is 0 Å². The lowest BCUT2D eigenvalue weighted by atomic mass is 10.2. The number of amides is 1. The predicted octanol–water partition coefficient (Wildman–Crippen LogP) is 2.76. The summed E-state index contributed by atoms with van der Waals surface area (Å²) in [7, 11) is 0. The first-order chi connectivity index (χ1) is 11.5. The molecule has 0 aliphatic carbocycles. The Morgan fingerprint density at radius 1 is 1.25 bits per heavy atom. The number of benzene rings is 1. The first-order valence-electron chi connectivity index (χ1n) is 7.84. The Morgan fingerprint density at radius 2 is 2.08 bits per heavy atom. The monoisotopic (exact) mass is 344 g/mol. The van der Waals surface area contributed by atoms with E-state index in [1.54, 1.807) is 0 Å². The molecular weight excluding hydrogens is 324 g/mol. The average molecular weight is 344 g/mol. The van der Waals surface area contributed by atoms with E-state index in [-0.39, 0.29) is 18.5 Å². The zero-order chi connectivity index (χ0) is 17.1. The van der Waals surface area contributed by atoms with Gasteiger partial charge in [0.1, 0.15) is 11.0 Å². The molecule has 1 unspecified atom stereocenters. The highest BCUT2D eigenvalue weighted by Crippen LogP contribution is 2.21. The number of aromatic nitrogens is 4. The molecule has 3 rings (SSSR count). The summed E-state index contributed by atoms with van der Waals surface area (Å²) in [4.78, 5) is 12.2. The quantitative estimate of drug-likeness (QED) is 0.718. The van der Waals surface area contributed by atoms with Crippen molar-refractivity contribution in [2.75, 3.05) is 11.9 Å². The largest absolute Gasteiger partial charge is 0.323 e. The van der Waals surface area contributed by atoms with E-state index >= 15 is 0 Å². The maximum atomic E-state index is 12.2. The zero-order valence-electron chi connectivity index (χ0n) is 13.9. The van der Waals surface area contributed by atoms with Crippen LogP contribution in [0.15, 0.2) is 30.5 Å². The molecule has 0 radical (unpaired) electrons. The van der Waals surface area contributed by atoms with Gasteiger partial charge in [-0.3, -0.25) is 9.48 Å². The second-order valence-corrected chi connectivity index (χ2v) is 6.43. The van der Waals surface area contributed by atoms with Gasteiger partial charge in [0, 0.05) is 18.3 Å². The Balaban J connectivity index is 1.58. The van der Waals surface area contributed by atoms with Crippen LogP contribution in [0.4, 0.5) is 5.69 Å². The molecule has 0 fully saturated rings. The lowest BCUT2D eigenvalue weighted by Gasteiger charge is -2.12. The van der Waals surface area contributed by atoms with Crippen molar-refractivity contribution >= 4 is 34.4 Å². The average Bonchev–Trinajstić information content (AvgIpc) is 3.22. The number of hydrogen-bond acceptors (Lipinski definition) is 6. The summed E-state index contributed by atoms with van der Waals surface area (Å²) in [5.74, 6) is -0.120. The third-order valence-corrected chi connectivity index (χ3v) is 4.27. The van der Waals surface area contributed by atoms with E-state index in [2.05, 4.69) is 38.3 Å². The van der Waals surface area contributed by atoms with Gasteiger partial charge in [0.25, 0.3) is 0 Å². The van der Waals surface area contributed by atoms with Crippen LogP contribution in [0.5, 0.6) is 0 Å². The van der Waals surface area contributed by atoms with Crippen molar-refractivity contribution in [3.05, 3.63) is 36.2 Å². The third kappa shape index (κ3) is 3.60. The van der Waals surface area contributed by atoms with Crippen molar-refractivity contribution in [1.29, 1.82) is 0 Å². The minimum absolute atomic E-state index is 0.00696. The fourth-order valence-corrected chi connectivity index (χ4v) is 2.87. The van der Waals surface area contributed by atoms with Crippen molar-refractivity contribution in [1.82, 2.24) is 23.8 Å². The fraction of sp³-hybridized carbons (Fsp3) is 0.375. The van der Waals surface area contributed by atoms with Gasteiger partial charge in [0.2, 0.25) is 5.91 Å². The van der Waals surface area contributed by atoms with E-state index in [0.29, 0.717) is 11.7 Å². The normalized spacial score (nSPS) is 12.7. The smallest absolute Gasteiger partial charge is 0.238 e. The van der Waals surface area contributed by atoms with Crippen molar-refractivity contribution in [2.45, 2.75) is 32.9 Å². The molecule has 0 spiro atoms. The number of rotatable bonds is 6. The highest BCUT2D eigenvalue weighted by molar-refractivity contribution is 7.00. The van der Waals surface area contributed by atoms with E-state index in [4.69, 9.17) is 0 Å². The number of nitrogens with zero attached hydrogens (tertiary/aromatic N) is 4. The molecule has 0 aliphatic rings. The zero-order valence-corrected chi connectivity index (χ0v) is 14.7. The van der Waals surface area contributed by atoms with Gasteiger partial charge < -0.3 is 10.6 Å². The van der Waals surface area contributed by atoms with Gasteiger partial charge in [-0.25, -0.2) is 0 Å². The molecule has 1 aromatic carbocycles. The molecule has 1 amide bonds. The van der Waals surface area contributed by atoms with Gasteiger partial charge in [-0.2, -0.15) is 13.8 Å². The van der Waals surface area contributed by atoms with Crippen LogP contribution in [0.3, 0.4) is 0 Å². The highest BCUT2D eigenvalue weighted by Gasteiger charge is 2.13. The molecule has 0 aliphatic heterocycles. The maximum absolute atomic E-state index is 12.2. The predicted molar refractivity (Wildman–Crippen MR) is 95.1 cm³/mol. The van der Waals surface area contributed by atoms with Crippen LogP contribution in [0.1, 0.15) is 38.5 Å². The first-order valence-corrected chi connectivity index (χ1v) is 8.57. The Morgan fingerprint density at radius 3 is 2.83 bits per heavy atom. The summed E-state index contributed by atoms with van der Waals surface area (Å²) < 4.78 is 10.3. The molecule has 0 saturated heterocycles. The molecule has 2 aromatic heterocycles. The van der Waals surface area contributed by atoms with Gasteiger partial charge in [0.05, 0.1) is 29.7 Å². The molecule has 7 nitrogen and oxygen atoms in total. The topological polar surface area (TPSA) is 84.7 Å². The Kier molecular flexibility index (Phi) is 4.86. The van der Waals surface area contributed by atoms with Crippen LogP contribution in [0.2, 0.25) is 0 Å². The van der Waals surface area contributed by atoms with Crippen molar-refractivity contribution in [2.24, 2.45) is 0 Å². The summed E-state index contributed by atoms with van der Waals surface area (Å²) in [5, 5.41) is 10.6. The van der Waals surface area contributed by atoms with Gasteiger partial charge in [-0.15, -0.1) is 0 Å². The molecule has 1 atom stereocenters. The Labute approximate surface area is 144 Å².